The number of benzene rings is 1. The molecular weight excluding hydrogens is 271 g/mol. The third-order valence-electron chi connectivity index (χ3n) is 3.72. The van der Waals surface area contributed by atoms with E-state index in [1.165, 1.54) is 6.07 Å². The first kappa shape index (κ1) is 15.9. The summed E-state index contributed by atoms with van der Waals surface area (Å²) < 4.78 is 19.3. The Labute approximate surface area is 125 Å². The normalized spacial score (nSPS) is 17.4. The van der Waals surface area contributed by atoms with Gasteiger partial charge >= 0.3 is 0 Å². The molecule has 0 unspecified atom stereocenters. The molecule has 1 atom stereocenters. The summed E-state index contributed by atoms with van der Waals surface area (Å²) in [6, 6.07) is 6.16. The van der Waals surface area contributed by atoms with Crippen LogP contribution >= 0.6 is 0 Å². The summed E-state index contributed by atoms with van der Waals surface area (Å²) in [6.07, 6.45) is 2.55. The van der Waals surface area contributed by atoms with Gasteiger partial charge in [-0.3, -0.25) is 4.79 Å². The molecule has 0 aromatic heterocycles. The van der Waals surface area contributed by atoms with Gasteiger partial charge in [-0.15, -0.1) is 0 Å². The number of halogens is 1. The highest BCUT2D eigenvalue weighted by Crippen LogP contribution is 2.16. The fourth-order valence-corrected chi connectivity index (χ4v) is 2.50. The van der Waals surface area contributed by atoms with Crippen molar-refractivity contribution in [3.05, 3.63) is 35.6 Å². The van der Waals surface area contributed by atoms with Crippen LogP contribution in [0.1, 0.15) is 37.8 Å². The number of carbonyl (C=O) groups excluding carboxylic acids is 1. The monoisotopic (exact) mass is 294 g/mol. The van der Waals surface area contributed by atoms with Gasteiger partial charge in [-0.2, -0.15) is 0 Å². The van der Waals surface area contributed by atoms with Crippen LogP contribution in [0.2, 0.25) is 0 Å². The summed E-state index contributed by atoms with van der Waals surface area (Å²) in [7, 11) is 0. The maximum Gasteiger partial charge on any atom is 0.222 e. The Bertz CT molecular complexity index is 461. The maximum atomic E-state index is 13.6. The number of amides is 1. The van der Waals surface area contributed by atoms with Crippen molar-refractivity contribution < 1.29 is 13.9 Å². The third-order valence-corrected chi connectivity index (χ3v) is 3.72. The first-order valence-corrected chi connectivity index (χ1v) is 7.53. The maximum absolute atomic E-state index is 13.6. The van der Waals surface area contributed by atoms with Crippen LogP contribution in [0.4, 0.5) is 4.39 Å². The standard InChI is InChI=1S/C16H23FN2O2/c1-12(14-4-2-3-5-15(14)17)19-16(20)8-11-21-13-6-9-18-10-7-13/h2-5,12-13,18H,6-11H2,1H3,(H,19,20)/t12-/m1/s1. The summed E-state index contributed by atoms with van der Waals surface area (Å²) in [5.41, 5.74) is 0.505. The van der Waals surface area contributed by atoms with Crippen molar-refractivity contribution >= 4 is 5.91 Å². The van der Waals surface area contributed by atoms with Gasteiger partial charge in [0.05, 0.1) is 18.8 Å². The number of nitrogens with one attached hydrogen (secondary N) is 2. The van der Waals surface area contributed by atoms with E-state index in [9.17, 15) is 9.18 Å². The van der Waals surface area contributed by atoms with Crippen molar-refractivity contribution in [3.8, 4) is 0 Å². The number of piperidine rings is 1. The lowest BCUT2D eigenvalue weighted by molar-refractivity contribution is -0.123. The molecule has 1 amide bonds. The molecule has 1 aliphatic heterocycles. The summed E-state index contributed by atoms with van der Waals surface area (Å²) in [5.74, 6) is -0.407. The first-order valence-electron chi connectivity index (χ1n) is 7.53. The van der Waals surface area contributed by atoms with Crippen molar-refractivity contribution in [1.82, 2.24) is 10.6 Å². The highest BCUT2D eigenvalue weighted by atomic mass is 19.1. The molecule has 5 heteroatoms. The lowest BCUT2D eigenvalue weighted by atomic mass is 10.1. The average molecular weight is 294 g/mol. The predicted molar refractivity (Wildman–Crippen MR) is 79.4 cm³/mol. The summed E-state index contributed by atoms with van der Waals surface area (Å²) in [5, 5.41) is 6.07. The molecule has 1 aromatic carbocycles. The van der Waals surface area contributed by atoms with E-state index in [2.05, 4.69) is 10.6 Å². The Hall–Kier alpha value is -1.46. The highest BCUT2D eigenvalue weighted by molar-refractivity contribution is 5.76. The minimum atomic E-state index is -0.336. The van der Waals surface area contributed by atoms with E-state index in [1.54, 1.807) is 25.1 Å². The summed E-state index contributed by atoms with van der Waals surface area (Å²) in [6.45, 7) is 4.15. The molecule has 0 aliphatic carbocycles. The van der Waals surface area contributed by atoms with Crippen LogP contribution in [0.15, 0.2) is 24.3 Å². The second-order valence-corrected chi connectivity index (χ2v) is 5.38. The zero-order valence-electron chi connectivity index (χ0n) is 12.4. The van der Waals surface area contributed by atoms with Gasteiger partial charge in [0.15, 0.2) is 0 Å². The van der Waals surface area contributed by atoms with Crippen molar-refractivity contribution in [2.75, 3.05) is 19.7 Å². The van der Waals surface area contributed by atoms with Crippen LogP contribution in [0.25, 0.3) is 0 Å². The van der Waals surface area contributed by atoms with Gasteiger partial charge in [-0.05, 0) is 38.9 Å². The largest absolute Gasteiger partial charge is 0.378 e. The highest BCUT2D eigenvalue weighted by Gasteiger charge is 2.15. The molecule has 0 radical (unpaired) electrons. The number of rotatable bonds is 6. The van der Waals surface area contributed by atoms with Gasteiger partial charge in [0, 0.05) is 12.0 Å². The quantitative estimate of drug-likeness (QED) is 0.845. The van der Waals surface area contributed by atoms with E-state index in [4.69, 9.17) is 4.74 Å². The molecule has 0 bridgehead atoms. The van der Waals surface area contributed by atoms with Gasteiger partial charge in [0.1, 0.15) is 5.82 Å². The van der Waals surface area contributed by atoms with Crippen molar-refractivity contribution in [2.45, 2.75) is 38.3 Å². The van der Waals surface area contributed by atoms with Crippen molar-refractivity contribution in [3.63, 3.8) is 0 Å². The van der Waals surface area contributed by atoms with Crippen LogP contribution in [-0.4, -0.2) is 31.7 Å². The molecule has 2 rings (SSSR count). The topological polar surface area (TPSA) is 50.4 Å². The third kappa shape index (κ3) is 5.10. The Morgan fingerprint density at radius 3 is 2.86 bits per heavy atom. The Morgan fingerprint density at radius 1 is 1.43 bits per heavy atom. The first-order chi connectivity index (χ1) is 10.2. The van der Waals surface area contributed by atoms with Crippen LogP contribution in [-0.2, 0) is 9.53 Å². The Kier molecular flexibility index (Phi) is 6.14. The molecule has 1 heterocycles. The van der Waals surface area contributed by atoms with E-state index < -0.39 is 0 Å². The predicted octanol–water partition coefficient (Wildman–Crippen LogP) is 2.16. The van der Waals surface area contributed by atoms with E-state index in [0.29, 0.717) is 18.6 Å². The van der Waals surface area contributed by atoms with Gasteiger partial charge in [0.25, 0.3) is 0 Å². The number of hydrogen-bond donors (Lipinski definition) is 2. The molecule has 2 N–H and O–H groups in total. The molecule has 1 aliphatic rings. The number of carbonyl (C=O) groups is 1. The molecular formula is C16H23FN2O2. The fraction of sp³-hybridized carbons (Fsp3) is 0.562. The Balaban J connectivity index is 1.70. The van der Waals surface area contributed by atoms with Gasteiger partial charge in [-0.25, -0.2) is 4.39 Å². The Morgan fingerprint density at radius 2 is 2.14 bits per heavy atom. The van der Waals surface area contributed by atoms with Crippen LogP contribution in [0.5, 0.6) is 0 Å². The lowest BCUT2D eigenvalue weighted by Crippen LogP contribution is -2.33. The molecule has 4 nitrogen and oxygen atoms in total. The zero-order valence-corrected chi connectivity index (χ0v) is 12.4. The molecule has 0 spiro atoms. The number of hydrogen-bond acceptors (Lipinski definition) is 3. The van der Waals surface area contributed by atoms with Gasteiger partial charge in [-0.1, -0.05) is 18.2 Å². The second-order valence-electron chi connectivity index (χ2n) is 5.38. The smallest absolute Gasteiger partial charge is 0.222 e. The van der Waals surface area contributed by atoms with Crippen molar-refractivity contribution in [2.24, 2.45) is 0 Å². The molecule has 116 valence electrons. The van der Waals surface area contributed by atoms with Crippen LogP contribution < -0.4 is 10.6 Å². The van der Waals surface area contributed by atoms with Crippen molar-refractivity contribution in [1.29, 1.82) is 0 Å². The number of ether oxygens (including phenoxy) is 1. The molecule has 1 aromatic rings. The average Bonchev–Trinajstić information content (AvgIpc) is 2.48. The fourth-order valence-electron chi connectivity index (χ4n) is 2.50. The second kappa shape index (κ2) is 8.10. The minimum absolute atomic E-state index is 0.111. The summed E-state index contributed by atoms with van der Waals surface area (Å²) in [4.78, 5) is 11.9. The van der Waals surface area contributed by atoms with Gasteiger partial charge < -0.3 is 15.4 Å². The van der Waals surface area contributed by atoms with E-state index in [1.807, 2.05) is 0 Å². The molecule has 1 fully saturated rings. The van der Waals surface area contributed by atoms with E-state index >= 15 is 0 Å². The lowest BCUT2D eigenvalue weighted by Gasteiger charge is -2.23. The molecule has 0 saturated carbocycles. The molecule has 21 heavy (non-hydrogen) atoms. The van der Waals surface area contributed by atoms with Crippen LogP contribution in [0.3, 0.4) is 0 Å². The SMILES string of the molecule is C[C@@H](NC(=O)CCOC1CCNCC1)c1ccccc1F. The van der Waals surface area contributed by atoms with E-state index in [0.717, 1.165) is 25.9 Å². The zero-order chi connectivity index (χ0) is 15.1. The van der Waals surface area contributed by atoms with E-state index in [-0.39, 0.29) is 23.9 Å². The van der Waals surface area contributed by atoms with Crippen LogP contribution in [0, 0.1) is 5.82 Å². The van der Waals surface area contributed by atoms with Gasteiger partial charge in [0.2, 0.25) is 5.91 Å². The molecule has 1 saturated heterocycles. The minimum Gasteiger partial charge on any atom is -0.378 e. The summed E-state index contributed by atoms with van der Waals surface area (Å²) >= 11 is 0.